The van der Waals surface area contributed by atoms with E-state index in [2.05, 4.69) is 13.8 Å². The lowest BCUT2D eigenvalue weighted by atomic mass is 9.80. The molecule has 0 heterocycles. The third-order valence-electron chi connectivity index (χ3n) is 3.97. The largest absolute Gasteiger partial charge is 0.460 e. The van der Waals surface area contributed by atoms with Crippen LogP contribution in [-0.4, -0.2) is 23.8 Å². The molecule has 2 unspecified atom stereocenters. The van der Waals surface area contributed by atoms with E-state index in [-0.39, 0.29) is 18.0 Å². The molecular weight excluding hydrogens is 252 g/mol. The molecule has 0 aliphatic carbocycles. The van der Waals surface area contributed by atoms with E-state index in [4.69, 9.17) is 9.84 Å². The van der Waals surface area contributed by atoms with Crippen LogP contribution in [0, 0.1) is 5.41 Å². The summed E-state index contributed by atoms with van der Waals surface area (Å²) in [5.74, 6) is -0.136. The third-order valence-corrected chi connectivity index (χ3v) is 3.97. The summed E-state index contributed by atoms with van der Waals surface area (Å²) in [6.45, 7) is 8.00. The molecule has 20 heavy (non-hydrogen) atoms. The van der Waals surface area contributed by atoms with Crippen LogP contribution in [-0.2, 0) is 9.53 Å². The highest BCUT2D eigenvalue weighted by Crippen LogP contribution is 2.33. The maximum Gasteiger partial charge on any atom is 0.312 e. The van der Waals surface area contributed by atoms with Gasteiger partial charge in [0.15, 0.2) is 0 Å². The standard InChI is InChI=1S/C17H34O3/c1-5-7-9-10-11-13-17(4,12-8-6-2)16(19)20-15(3)14-18/h15,18H,5-14H2,1-4H3. The number of hydrogen-bond donors (Lipinski definition) is 1. The van der Waals surface area contributed by atoms with Gasteiger partial charge in [-0.1, -0.05) is 58.8 Å². The molecule has 0 fully saturated rings. The van der Waals surface area contributed by atoms with Crippen LogP contribution in [0.4, 0.5) is 0 Å². The van der Waals surface area contributed by atoms with E-state index in [1.807, 2.05) is 6.92 Å². The van der Waals surface area contributed by atoms with E-state index in [1.54, 1.807) is 6.92 Å². The van der Waals surface area contributed by atoms with Gasteiger partial charge in [0, 0.05) is 0 Å². The average molecular weight is 286 g/mol. The summed E-state index contributed by atoms with van der Waals surface area (Å²) in [5.41, 5.74) is -0.383. The lowest BCUT2D eigenvalue weighted by Crippen LogP contribution is -2.33. The van der Waals surface area contributed by atoms with Gasteiger partial charge in [0.25, 0.3) is 0 Å². The first-order valence-electron chi connectivity index (χ1n) is 8.32. The Morgan fingerprint density at radius 3 is 2.15 bits per heavy atom. The van der Waals surface area contributed by atoms with Crippen LogP contribution >= 0.6 is 0 Å². The Kier molecular flexibility index (Phi) is 10.8. The number of aliphatic hydroxyl groups excluding tert-OH is 1. The van der Waals surface area contributed by atoms with E-state index >= 15 is 0 Å². The molecule has 0 saturated carbocycles. The number of aliphatic hydroxyl groups is 1. The zero-order chi connectivity index (χ0) is 15.4. The molecule has 0 aliphatic rings. The zero-order valence-electron chi connectivity index (χ0n) is 13.9. The highest BCUT2D eigenvalue weighted by molar-refractivity contribution is 5.76. The van der Waals surface area contributed by atoms with Crippen LogP contribution < -0.4 is 0 Å². The summed E-state index contributed by atoms with van der Waals surface area (Å²) in [6.07, 6.45) is 9.57. The van der Waals surface area contributed by atoms with Gasteiger partial charge in [-0.2, -0.15) is 0 Å². The lowest BCUT2D eigenvalue weighted by molar-refractivity contribution is -0.162. The van der Waals surface area contributed by atoms with Crippen molar-refractivity contribution in [1.29, 1.82) is 0 Å². The van der Waals surface area contributed by atoms with Crippen LogP contribution in [0.1, 0.15) is 85.5 Å². The second kappa shape index (κ2) is 11.1. The van der Waals surface area contributed by atoms with Gasteiger partial charge in [-0.3, -0.25) is 4.79 Å². The normalized spacial score (nSPS) is 15.7. The maximum absolute atomic E-state index is 12.3. The Bertz CT molecular complexity index is 253. The molecule has 0 aromatic carbocycles. The van der Waals surface area contributed by atoms with E-state index in [0.29, 0.717) is 0 Å². The predicted molar refractivity (Wildman–Crippen MR) is 83.6 cm³/mol. The van der Waals surface area contributed by atoms with Crippen LogP contribution in [0.15, 0.2) is 0 Å². The highest BCUT2D eigenvalue weighted by atomic mass is 16.6. The third kappa shape index (κ3) is 7.88. The molecule has 2 atom stereocenters. The summed E-state index contributed by atoms with van der Waals surface area (Å²) in [7, 11) is 0. The number of carbonyl (C=O) groups is 1. The number of ether oxygens (including phenoxy) is 1. The van der Waals surface area contributed by atoms with Crippen molar-refractivity contribution in [3.8, 4) is 0 Å². The SMILES string of the molecule is CCCCCCCC(C)(CCCC)C(=O)OC(C)CO. The van der Waals surface area contributed by atoms with Crippen LogP contribution in [0.2, 0.25) is 0 Å². The minimum Gasteiger partial charge on any atom is -0.460 e. The molecule has 3 nitrogen and oxygen atoms in total. The average Bonchev–Trinajstić information content (AvgIpc) is 2.44. The van der Waals surface area contributed by atoms with E-state index in [9.17, 15) is 4.79 Å². The van der Waals surface area contributed by atoms with Crippen molar-refractivity contribution in [2.45, 2.75) is 91.6 Å². The summed E-state index contributed by atoms with van der Waals surface area (Å²) in [5, 5.41) is 9.02. The van der Waals surface area contributed by atoms with Crippen LogP contribution in [0.3, 0.4) is 0 Å². The summed E-state index contributed by atoms with van der Waals surface area (Å²) in [6, 6.07) is 0. The van der Waals surface area contributed by atoms with Crippen molar-refractivity contribution < 1.29 is 14.6 Å². The van der Waals surface area contributed by atoms with Gasteiger partial charge in [-0.25, -0.2) is 0 Å². The first kappa shape index (κ1) is 19.4. The fourth-order valence-electron chi connectivity index (χ4n) is 2.38. The van der Waals surface area contributed by atoms with E-state index in [1.165, 1.54) is 25.7 Å². The molecule has 0 spiro atoms. The van der Waals surface area contributed by atoms with Gasteiger partial charge in [0.05, 0.1) is 12.0 Å². The molecule has 0 rings (SSSR count). The predicted octanol–water partition coefficient (Wildman–Crippen LogP) is 4.47. The first-order chi connectivity index (χ1) is 9.50. The molecule has 0 radical (unpaired) electrons. The monoisotopic (exact) mass is 286 g/mol. The molecule has 0 aliphatic heterocycles. The van der Waals surface area contributed by atoms with Crippen LogP contribution in [0.5, 0.6) is 0 Å². The smallest absolute Gasteiger partial charge is 0.312 e. The van der Waals surface area contributed by atoms with Crippen molar-refractivity contribution in [2.24, 2.45) is 5.41 Å². The Labute approximate surface area is 125 Å². The Hall–Kier alpha value is -0.570. The highest BCUT2D eigenvalue weighted by Gasteiger charge is 2.34. The van der Waals surface area contributed by atoms with Gasteiger partial charge < -0.3 is 9.84 Å². The van der Waals surface area contributed by atoms with Gasteiger partial charge in [0.1, 0.15) is 6.10 Å². The summed E-state index contributed by atoms with van der Waals surface area (Å²) < 4.78 is 5.35. The van der Waals surface area contributed by atoms with Crippen molar-refractivity contribution >= 4 is 5.97 Å². The second-order valence-corrected chi connectivity index (χ2v) is 6.23. The second-order valence-electron chi connectivity index (χ2n) is 6.23. The number of hydrogen-bond acceptors (Lipinski definition) is 3. The quantitative estimate of drug-likeness (QED) is 0.425. The van der Waals surface area contributed by atoms with Gasteiger partial charge in [0.2, 0.25) is 0 Å². The van der Waals surface area contributed by atoms with E-state index in [0.717, 1.165) is 32.1 Å². The zero-order valence-corrected chi connectivity index (χ0v) is 13.9. The van der Waals surface area contributed by atoms with Crippen LogP contribution in [0.25, 0.3) is 0 Å². The minimum atomic E-state index is -0.399. The summed E-state index contributed by atoms with van der Waals surface area (Å²) in [4.78, 5) is 12.3. The van der Waals surface area contributed by atoms with E-state index < -0.39 is 6.10 Å². The molecule has 3 heteroatoms. The van der Waals surface area contributed by atoms with Gasteiger partial charge in [-0.05, 0) is 26.7 Å². The fraction of sp³-hybridized carbons (Fsp3) is 0.941. The molecular formula is C17H34O3. The molecule has 0 bridgehead atoms. The summed E-state index contributed by atoms with van der Waals surface area (Å²) >= 11 is 0. The first-order valence-corrected chi connectivity index (χ1v) is 8.32. The van der Waals surface area contributed by atoms with Crippen molar-refractivity contribution in [2.75, 3.05) is 6.61 Å². The fourth-order valence-corrected chi connectivity index (χ4v) is 2.38. The Morgan fingerprint density at radius 2 is 1.60 bits per heavy atom. The number of esters is 1. The lowest BCUT2D eigenvalue weighted by Gasteiger charge is -2.28. The Balaban J connectivity index is 4.36. The van der Waals surface area contributed by atoms with Gasteiger partial charge in [-0.15, -0.1) is 0 Å². The molecule has 0 saturated heterocycles. The van der Waals surface area contributed by atoms with Gasteiger partial charge >= 0.3 is 5.97 Å². The van der Waals surface area contributed by atoms with Crippen molar-refractivity contribution in [3.05, 3.63) is 0 Å². The topological polar surface area (TPSA) is 46.5 Å². The maximum atomic E-state index is 12.3. The van der Waals surface area contributed by atoms with Crippen molar-refractivity contribution in [3.63, 3.8) is 0 Å². The van der Waals surface area contributed by atoms with Crippen molar-refractivity contribution in [1.82, 2.24) is 0 Å². The molecule has 0 aromatic rings. The number of rotatable bonds is 12. The molecule has 0 amide bonds. The number of unbranched alkanes of at least 4 members (excludes halogenated alkanes) is 5. The molecule has 0 aromatic heterocycles. The molecule has 120 valence electrons. The Morgan fingerprint density at radius 1 is 1.05 bits per heavy atom. The minimum absolute atomic E-state index is 0.105. The molecule has 1 N–H and O–H groups in total. The number of carbonyl (C=O) groups excluding carboxylic acids is 1.